The molecule has 2 N–H and O–H groups in total. The molecule has 3 heteroatoms. The number of hydrogen-bond acceptors (Lipinski definition) is 2. The molecule has 0 saturated heterocycles. The Morgan fingerprint density at radius 1 is 1.57 bits per heavy atom. The van der Waals surface area contributed by atoms with Crippen molar-refractivity contribution in [2.45, 2.75) is 25.7 Å². The van der Waals surface area contributed by atoms with Gasteiger partial charge in [0.1, 0.15) is 0 Å². The van der Waals surface area contributed by atoms with Gasteiger partial charge in [-0.25, -0.2) is 0 Å². The molecule has 80 valence electrons. The summed E-state index contributed by atoms with van der Waals surface area (Å²) in [6.45, 7) is 5.39. The van der Waals surface area contributed by atoms with Crippen LogP contribution in [0.15, 0.2) is 12.7 Å². The molecular formula is C11H19NO2. The van der Waals surface area contributed by atoms with Crippen molar-refractivity contribution >= 4 is 5.97 Å². The van der Waals surface area contributed by atoms with E-state index in [9.17, 15) is 4.79 Å². The second-order valence-electron chi connectivity index (χ2n) is 3.92. The minimum Gasteiger partial charge on any atom is -0.481 e. The molecule has 2 unspecified atom stereocenters. The molecule has 0 aliphatic heterocycles. The predicted molar refractivity (Wildman–Crippen MR) is 56.2 cm³/mol. The number of rotatable bonds is 6. The van der Waals surface area contributed by atoms with Gasteiger partial charge in [-0.15, -0.1) is 6.58 Å². The van der Waals surface area contributed by atoms with Crippen LogP contribution in [0, 0.1) is 11.8 Å². The Hall–Kier alpha value is -0.830. The Morgan fingerprint density at radius 3 is 3.00 bits per heavy atom. The molecule has 1 fully saturated rings. The maximum atomic E-state index is 10.9. The van der Waals surface area contributed by atoms with Gasteiger partial charge in [-0.05, 0) is 38.3 Å². The van der Waals surface area contributed by atoms with Crippen LogP contribution in [-0.4, -0.2) is 24.2 Å². The highest BCUT2D eigenvalue weighted by atomic mass is 16.4. The number of aliphatic carboxylic acids is 1. The normalized spacial score (nSPS) is 26.3. The van der Waals surface area contributed by atoms with Crippen molar-refractivity contribution in [3.8, 4) is 0 Å². The first-order valence-electron chi connectivity index (χ1n) is 5.30. The third-order valence-corrected chi connectivity index (χ3v) is 2.91. The van der Waals surface area contributed by atoms with E-state index in [0.717, 1.165) is 38.8 Å². The molecule has 0 bridgehead atoms. The standard InChI is InChI=1S/C11H19NO2/c1-2-3-7-12-8-9-5-4-6-10(9)11(13)14/h2,9-10,12H,1,3-8H2,(H,13,14). The van der Waals surface area contributed by atoms with E-state index >= 15 is 0 Å². The van der Waals surface area contributed by atoms with Crippen LogP contribution in [0.3, 0.4) is 0 Å². The van der Waals surface area contributed by atoms with Crippen molar-refractivity contribution in [3.63, 3.8) is 0 Å². The van der Waals surface area contributed by atoms with E-state index in [-0.39, 0.29) is 5.92 Å². The number of carbonyl (C=O) groups is 1. The average Bonchev–Trinajstić information content (AvgIpc) is 2.60. The molecule has 0 spiro atoms. The minimum atomic E-state index is -0.627. The maximum Gasteiger partial charge on any atom is 0.306 e. The maximum absolute atomic E-state index is 10.9. The molecule has 0 aromatic rings. The molecular weight excluding hydrogens is 178 g/mol. The molecule has 0 heterocycles. The van der Waals surface area contributed by atoms with Crippen LogP contribution in [0.4, 0.5) is 0 Å². The molecule has 0 aromatic carbocycles. The van der Waals surface area contributed by atoms with Gasteiger partial charge in [-0.2, -0.15) is 0 Å². The quantitative estimate of drug-likeness (QED) is 0.503. The smallest absolute Gasteiger partial charge is 0.306 e. The summed E-state index contributed by atoms with van der Waals surface area (Å²) in [5.41, 5.74) is 0. The van der Waals surface area contributed by atoms with Crippen LogP contribution < -0.4 is 5.32 Å². The van der Waals surface area contributed by atoms with Crippen LogP contribution in [0.25, 0.3) is 0 Å². The van der Waals surface area contributed by atoms with E-state index in [1.807, 2.05) is 6.08 Å². The Labute approximate surface area is 85.2 Å². The van der Waals surface area contributed by atoms with Crippen LogP contribution in [0.1, 0.15) is 25.7 Å². The van der Waals surface area contributed by atoms with Crippen molar-refractivity contribution in [1.82, 2.24) is 5.32 Å². The molecule has 1 aliphatic carbocycles. The average molecular weight is 197 g/mol. The lowest BCUT2D eigenvalue weighted by atomic mass is 9.96. The summed E-state index contributed by atoms with van der Waals surface area (Å²) in [6.07, 6.45) is 5.78. The van der Waals surface area contributed by atoms with Crippen LogP contribution in [0.2, 0.25) is 0 Å². The Kier molecular flexibility index (Phi) is 4.66. The van der Waals surface area contributed by atoms with Crippen molar-refractivity contribution < 1.29 is 9.90 Å². The summed E-state index contributed by atoms with van der Waals surface area (Å²) in [6, 6.07) is 0. The highest BCUT2D eigenvalue weighted by molar-refractivity contribution is 5.70. The van der Waals surface area contributed by atoms with Crippen molar-refractivity contribution in [2.24, 2.45) is 11.8 Å². The molecule has 1 aliphatic rings. The summed E-state index contributed by atoms with van der Waals surface area (Å²) < 4.78 is 0. The molecule has 0 aromatic heterocycles. The van der Waals surface area contributed by atoms with E-state index in [2.05, 4.69) is 11.9 Å². The Balaban J connectivity index is 2.22. The second kappa shape index (κ2) is 5.81. The van der Waals surface area contributed by atoms with Gasteiger partial charge in [0.15, 0.2) is 0 Å². The molecule has 1 rings (SSSR count). The van der Waals surface area contributed by atoms with Gasteiger partial charge in [0.2, 0.25) is 0 Å². The summed E-state index contributed by atoms with van der Waals surface area (Å²) in [5.74, 6) is -0.415. The Morgan fingerprint density at radius 2 is 2.36 bits per heavy atom. The monoisotopic (exact) mass is 197 g/mol. The van der Waals surface area contributed by atoms with E-state index in [0.29, 0.717) is 5.92 Å². The summed E-state index contributed by atoms with van der Waals surface area (Å²) in [4.78, 5) is 10.9. The first-order valence-corrected chi connectivity index (χ1v) is 5.30. The van der Waals surface area contributed by atoms with Crippen molar-refractivity contribution in [1.29, 1.82) is 0 Å². The lowest BCUT2D eigenvalue weighted by Gasteiger charge is -2.15. The van der Waals surface area contributed by atoms with E-state index in [4.69, 9.17) is 5.11 Å². The third kappa shape index (κ3) is 3.14. The van der Waals surface area contributed by atoms with Gasteiger partial charge in [-0.1, -0.05) is 12.5 Å². The van der Waals surface area contributed by atoms with Gasteiger partial charge in [-0.3, -0.25) is 4.79 Å². The molecule has 14 heavy (non-hydrogen) atoms. The SMILES string of the molecule is C=CCCNCC1CCCC1C(=O)O. The van der Waals surface area contributed by atoms with Crippen molar-refractivity contribution in [3.05, 3.63) is 12.7 Å². The zero-order valence-corrected chi connectivity index (χ0v) is 8.54. The van der Waals surface area contributed by atoms with E-state index in [1.165, 1.54) is 0 Å². The van der Waals surface area contributed by atoms with Gasteiger partial charge in [0.05, 0.1) is 5.92 Å². The summed E-state index contributed by atoms with van der Waals surface area (Å²) in [5, 5.41) is 12.2. The van der Waals surface area contributed by atoms with Crippen LogP contribution in [-0.2, 0) is 4.79 Å². The highest BCUT2D eigenvalue weighted by Crippen LogP contribution is 2.31. The lowest BCUT2D eigenvalue weighted by Crippen LogP contribution is -2.29. The van der Waals surface area contributed by atoms with Gasteiger partial charge < -0.3 is 10.4 Å². The first-order chi connectivity index (χ1) is 6.75. The minimum absolute atomic E-state index is 0.119. The number of carboxylic acids is 1. The van der Waals surface area contributed by atoms with Crippen LogP contribution in [0.5, 0.6) is 0 Å². The first kappa shape index (κ1) is 11.2. The van der Waals surface area contributed by atoms with E-state index in [1.54, 1.807) is 0 Å². The second-order valence-corrected chi connectivity index (χ2v) is 3.92. The zero-order chi connectivity index (χ0) is 10.4. The molecule has 1 saturated carbocycles. The number of carboxylic acid groups (broad SMARTS) is 1. The largest absolute Gasteiger partial charge is 0.481 e. The predicted octanol–water partition coefficient (Wildman–Crippen LogP) is 1.65. The molecule has 0 amide bonds. The Bertz CT molecular complexity index is 203. The van der Waals surface area contributed by atoms with Crippen LogP contribution >= 0.6 is 0 Å². The molecule has 3 nitrogen and oxygen atoms in total. The highest BCUT2D eigenvalue weighted by Gasteiger charge is 2.32. The number of nitrogens with one attached hydrogen (secondary N) is 1. The lowest BCUT2D eigenvalue weighted by molar-refractivity contribution is -0.142. The fourth-order valence-electron chi connectivity index (χ4n) is 2.10. The van der Waals surface area contributed by atoms with Gasteiger partial charge >= 0.3 is 5.97 Å². The fourth-order valence-corrected chi connectivity index (χ4v) is 2.10. The third-order valence-electron chi connectivity index (χ3n) is 2.91. The van der Waals surface area contributed by atoms with Gasteiger partial charge in [0, 0.05) is 0 Å². The molecule has 0 radical (unpaired) electrons. The van der Waals surface area contributed by atoms with Crippen molar-refractivity contribution in [2.75, 3.05) is 13.1 Å². The number of hydrogen-bond donors (Lipinski definition) is 2. The van der Waals surface area contributed by atoms with Gasteiger partial charge in [0.25, 0.3) is 0 Å². The molecule has 2 atom stereocenters. The fraction of sp³-hybridized carbons (Fsp3) is 0.727. The zero-order valence-electron chi connectivity index (χ0n) is 8.54. The summed E-state index contributed by atoms with van der Waals surface area (Å²) >= 11 is 0. The topological polar surface area (TPSA) is 49.3 Å². The van der Waals surface area contributed by atoms with E-state index < -0.39 is 5.97 Å². The summed E-state index contributed by atoms with van der Waals surface area (Å²) in [7, 11) is 0.